The standard InChI is InChI=1S/C18H22N2O4.C17H20N2O3S.C16H22N4O3S.C15H18N2O3S2/c1-11-6-8-12(9-7-11)19-17(22)20-13-10-14(18(2,3)4)24-15(13)16(21)23-5;1-10(2)14-9-13(16(20)22-4)15(23-14)19-17(21)18-12-7-5-11(3)6-8-12;1-6-20-8-7-12(19-20)18-15(22)17-10-9-11(16(2,3)4)24-13(10)14(21)23-5;1-8(2)11-7-10(14(18)20-4)13(22-11)17-15(19)16-12-6-5-9(3)21-12/h6-10H,1-5H3,(H2,19,20,22);5-10H,1-4H3,(H2,18,19,21);7-9H,6H2,1-5H3,(H2,17,18,19,22);5-8H,1-4H3,(H2,16,17,19). The van der Waals surface area contributed by atoms with Crippen LogP contribution in [0, 0.1) is 20.8 Å². The van der Waals surface area contributed by atoms with E-state index in [-0.39, 0.29) is 40.1 Å². The number of aromatic nitrogens is 2. The fraction of sp³-hybridized carbons (Fsp3) is 0.348. The molecule has 0 spiro atoms. The number of aryl methyl sites for hydroxylation is 4. The van der Waals surface area contributed by atoms with E-state index in [1.807, 2.05) is 145 Å². The summed E-state index contributed by atoms with van der Waals surface area (Å²) >= 11 is 5.58. The minimum absolute atomic E-state index is 0.0264. The Balaban J connectivity index is 0.000000225. The Morgan fingerprint density at radius 2 is 0.968 bits per heavy atom. The van der Waals surface area contributed by atoms with E-state index in [9.17, 15) is 38.4 Å². The van der Waals surface area contributed by atoms with Crippen molar-refractivity contribution in [1.29, 1.82) is 0 Å². The lowest BCUT2D eigenvalue weighted by molar-refractivity contribution is 0.0559. The van der Waals surface area contributed by atoms with Gasteiger partial charge in [0.1, 0.15) is 20.6 Å². The zero-order chi connectivity index (χ0) is 69.1. The molecule has 0 atom stereocenters. The number of nitrogens with zero attached hydrogens (tertiary/aromatic N) is 2. The number of urea groups is 4. The van der Waals surface area contributed by atoms with Gasteiger partial charge in [0.2, 0.25) is 5.76 Å². The summed E-state index contributed by atoms with van der Waals surface area (Å²) in [5.41, 5.74) is 4.57. The van der Waals surface area contributed by atoms with Gasteiger partial charge < -0.3 is 44.6 Å². The van der Waals surface area contributed by atoms with Crippen LogP contribution < -0.4 is 42.5 Å². The lowest BCUT2D eigenvalue weighted by atomic mass is 9.93. The van der Waals surface area contributed by atoms with E-state index in [1.54, 1.807) is 53.3 Å². The summed E-state index contributed by atoms with van der Waals surface area (Å²) in [5, 5.41) is 27.6. The molecule has 0 bridgehead atoms. The number of hydrogen-bond donors (Lipinski definition) is 8. The summed E-state index contributed by atoms with van der Waals surface area (Å²) < 4.78 is 26.4. The molecule has 0 fully saturated rings. The summed E-state index contributed by atoms with van der Waals surface area (Å²) in [4.78, 5) is 101. The van der Waals surface area contributed by atoms with Crippen molar-refractivity contribution in [2.75, 3.05) is 71.0 Å². The van der Waals surface area contributed by atoms with Crippen molar-refractivity contribution in [2.45, 2.75) is 126 Å². The quantitative estimate of drug-likeness (QED) is 0.0350. The molecule has 8 N–H and O–H groups in total. The third-order valence-corrected chi connectivity index (χ3v) is 18.0. The molecule has 498 valence electrons. The molecule has 27 heteroatoms. The Kier molecular flexibility index (Phi) is 27.1. The van der Waals surface area contributed by atoms with Crippen LogP contribution in [0.3, 0.4) is 0 Å². The molecule has 6 heterocycles. The van der Waals surface area contributed by atoms with Crippen LogP contribution in [0.15, 0.2) is 102 Å². The predicted molar refractivity (Wildman–Crippen MR) is 372 cm³/mol. The molecule has 8 amide bonds. The number of hydrogen-bond acceptors (Lipinski definition) is 18. The van der Waals surface area contributed by atoms with Crippen molar-refractivity contribution in [1.82, 2.24) is 9.78 Å². The number of carbonyl (C=O) groups is 8. The SMILES string of the molecule is CCn1ccc(NC(=O)Nc2cc(C(C)(C)C)sc2C(=O)OC)n1.COC(=O)c1cc(C(C)C)sc1NC(=O)Nc1ccc(C)cc1.COC(=O)c1cc(C(C)C)sc1NC(=O)Nc1ccc(C)s1.COC(=O)c1oc(C(C)(C)C)cc1NC(=O)Nc1ccc(C)cc1. The fourth-order valence-corrected chi connectivity index (χ4v) is 11.7. The number of methoxy groups -OCH3 is 4. The van der Waals surface area contributed by atoms with Gasteiger partial charge in [-0.25, -0.2) is 38.4 Å². The monoisotopic (exact) mass is 1350 g/mol. The summed E-state index contributed by atoms with van der Waals surface area (Å²) in [6, 6.07) is 25.6. The van der Waals surface area contributed by atoms with Gasteiger partial charge in [0, 0.05) is 61.2 Å². The maximum absolute atomic E-state index is 12.2. The van der Waals surface area contributed by atoms with Gasteiger partial charge in [0.05, 0.1) is 55.9 Å². The van der Waals surface area contributed by atoms with Crippen LogP contribution in [-0.2, 0) is 36.3 Å². The average Bonchev–Trinajstić information content (AvgIpc) is 1.76. The summed E-state index contributed by atoms with van der Waals surface area (Å²) in [6.45, 7) is 28.7. The van der Waals surface area contributed by atoms with Crippen LogP contribution in [0.1, 0.15) is 165 Å². The molecular formula is C66H82N10O13S4. The molecule has 0 saturated carbocycles. The van der Waals surface area contributed by atoms with Gasteiger partial charge in [0.15, 0.2) is 5.82 Å². The molecule has 23 nitrogen and oxygen atoms in total. The highest BCUT2D eigenvalue weighted by Crippen LogP contribution is 2.38. The Morgan fingerprint density at radius 1 is 0.505 bits per heavy atom. The van der Waals surface area contributed by atoms with Gasteiger partial charge >= 0.3 is 48.0 Å². The third-order valence-electron chi connectivity index (χ3n) is 12.9. The number of amides is 8. The van der Waals surface area contributed by atoms with Crippen molar-refractivity contribution in [3.8, 4) is 0 Å². The highest BCUT2D eigenvalue weighted by molar-refractivity contribution is 7.17. The maximum Gasteiger partial charge on any atom is 0.376 e. The van der Waals surface area contributed by atoms with Crippen LogP contribution in [0.5, 0.6) is 0 Å². The third kappa shape index (κ3) is 22.5. The zero-order valence-electron chi connectivity index (χ0n) is 55.4. The van der Waals surface area contributed by atoms with Crippen molar-refractivity contribution < 1.29 is 61.7 Å². The zero-order valence-corrected chi connectivity index (χ0v) is 58.7. The number of carbonyl (C=O) groups excluding carboxylic acids is 8. The molecule has 93 heavy (non-hydrogen) atoms. The fourth-order valence-electron chi connectivity index (χ4n) is 7.74. The first-order valence-corrected chi connectivity index (χ1v) is 32.5. The Hall–Kier alpha value is -9.31. The predicted octanol–water partition coefficient (Wildman–Crippen LogP) is 17.3. The molecular weight excluding hydrogens is 1270 g/mol. The molecule has 6 aromatic heterocycles. The number of benzene rings is 2. The molecule has 0 aliphatic carbocycles. The Bertz CT molecular complexity index is 3880. The smallest absolute Gasteiger partial charge is 0.376 e. The summed E-state index contributed by atoms with van der Waals surface area (Å²) in [6.07, 6.45) is 1.78. The molecule has 8 rings (SSSR count). The van der Waals surface area contributed by atoms with E-state index in [4.69, 9.17) is 23.4 Å². The first-order chi connectivity index (χ1) is 43.7. The molecule has 0 radical (unpaired) electrons. The lowest BCUT2D eigenvalue weighted by Gasteiger charge is -2.15. The molecule has 8 aromatic rings. The number of esters is 4. The molecule has 0 aliphatic heterocycles. The van der Waals surface area contributed by atoms with Crippen molar-refractivity contribution in [3.05, 3.63) is 155 Å². The molecule has 0 unspecified atom stereocenters. The van der Waals surface area contributed by atoms with E-state index < -0.39 is 42.0 Å². The topological polar surface area (TPSA) is 301 Å². The number of nitrogens with one attached hydrogen (secondary N) is 8. The van der Waals surface area contributed by atoms with Crippen LogP contribution >= 0.6 is 45.3 Å². The van der Waals surface area contributed by atoms with E-state index in [1.165, 1.54) is 73.8 Å². The second kappa shape index (κ2) is 33.8. The average molecular weight is 1350 g/mol. The number of anilines is 8. The second-order valence-electron chi connectivity index (χ2n) is 23.3. The molecule has 0 saturated heterocycles. The van der Waals surface area contributed by atoms with Crippen molar-refractivity contribution in [3.63, 3.8) is 0 Å². The normalized spacial score (nSPS) is 10.8. The molecule has 0 aliphatic rings. The Morgan fingerprint density at radius 3 is 1.39 bits per heavy atom. The maximum atomic E-state index is 12.2. The number of rotatable bonds is 15. The number of ether oxygens (including phenoxy) is 4. The van der Waals surface area contributed by atoms with Gasteiger partial charge in [-0.3, -0.25) is 25.9 Å². The minimum atomic E-state index is -0.642. The van der Waals surface area contributed by atoms with Crippen LogP contribution in [0.25, 0.3) is 0 Å². The molecule has 2 aromatic carbocycles. The van der Waals surface area contributed by atoms with Crippen molar-refractivity contribution in [2.24, 2.45) is 0 Å². The van der Waals surface area contributed by atoms with Gasteiger partial charge in [-0.1, -0.05) is 105 Å². The van der Waals surface area contributed by atoms with Crippen molar-refractivity contribution >= 4 is 137 Å². The second-order valence-corrected chi connectivity index (χ2v) is 27.8. The van der Waals surface area contributed by atoms with Gasteiger partial charge in [0.25, 0.3) is 0 Å². The first kappa shape index (κ1) is 74.4. The van der Waals surface area contributed by atoms with Gasteiger partial charge in [-0.05, 0) is 99.5 Å². The van der Waals surface area contributed by atoms with Crippen LogP contribution in [-0.4, -0.2) is 86.2 Å². The van der Waals surface area contributed by atoms with E-state index >= 15 is 0 Å². The van der Waals surface area contributed by atoms with E-state index in [0.717, 1.165) is 42.2 Å². The minimum Gasteiger partial charge on any atom is -0.465 e. The summed E-state index contributed by atoms with van der Waals surface area (Å²) in [7, 11) is 5.23. The van der Waals surface area contributed by atoms with Gasteiger partial charge in [-0.2, -0.15) is 5.10 Å². The Labute approximate surface area is 557 Å². The van der Waals surface area contributed by atoms with E-state index in [2.05, 4.69) is 47.6 Å². The van der Waals surface area contributed by atoms with Gasteiger partial charge in [-0.15, -0.1) is 45.3 Å². The lowest BCUT2D eigenvalue weighted by Crippen LogP contribution is -2.21. The highest BCUT2D eigenvalue weighted by Gasteiger charge is 2.28. The first-order valence-electron chi connectivity index (χ1n) is 29.2. The van der Waals surface area contributed by atoms with E-state index in [0.29, 0.717) is 54.6 Å². The number of thiophene rings is 4. The highest BCUT2D eigenvalue weighted by atomic mass is 32.1. The van der Waals surface area contributed by atoms with Crippen LogP contribution in [0.2, 0.25) is 0 Å². The summed E-state index contributed by atoms with van der Waals surface area (Å²) in [5.74, 6) is -0.497. The number of furan rings is 1. The van der Waals surface area contributed by atoms with Crippen LogP contribution in [0.4, 0.5) is 62.7 Å². The largest absolute Gasteiger partial charge is 0.465 e.